The topological polar surface area (TPSA) is 15.3 Å². The van der Waals surface area contributed by atoms with E-state index in [0.29, 0.717) is 0 Å². The van der Waals surface area contributed by atoms with E-state index >= 15 is 0 Å². The molecule has 2 aromatic rings. The molecule has 0 radical (unpaired) electrons. The molecule has 1 fully saturated rings. The lowest BCUT2D eigenvalue weighted by molar-refractivity contribution is 0.185. The Balaban J connectivity index is 1.43. The third-order valence-electron chi connectivity index (χ3n) is 4.56. The predicted molar refractivity (Wildman–Crippen MR) is 103 cm³/mol. The lowest BCUT2D eigenvalue weighted by Gasteiger charge is -2.30. The zero-order valence-electron chi connectivity index (χ0n) is 13.7. The van der Waals surface area contributed by atoms with Gasteiger partial charge in [0.2, 0.25) is 0 Å². The Hall–Kier alpha value is -0.680. The molecule has 1 aromatic heterocycles. The van der Waals surface area contributed by atoms with Crippen LogP contribution in [0.5, 0.6) is 0 Å². The van der Waals surface area contributed by atoms with E-state index in [-0.39, 0.29) is 0 Å². The third kappa shape index (κ3) is 5.42. The SMILES string of the molecule is CC1CCN(Cc2ccc(CNCc3ccc(Br)s3)cc2)CC1. The standard InChI is InChI=1S/C19H25BrN2S/c1-15-8-10-22(11-9-15)14-17-4-2-16(3-5-17)12-21-13-18-6-7-19(20)23-18/h2-7,15,21H,8-14H2,1H3. The molecular formula is C19H25BrN2S. The van der Waals surface area contributed by atoms with Gasteiger partial charge in [0.1, 0.15) is 0 Å². The van der Waals surface area contributed by atoms with Gasteiger partial charge in [-0.3, -0.25) is 4.90 Å². The number of rotatable bonds is 6. The van der Waals surface area contributed by atoms with E-state index in [4.69, 9.17) is 0 Å². The van der Waals surface area contributed by atoms with Gasteiger partial charge in [0, 0.05) is 24.5 Å². The van der Waals surface area contributed by atoms with Gasteiger partial charge in [-0.15, -0.1) is 11.3 Å². The van der Waals surface area contributed by atoms with Crippen LogP contribution in [0, 0.1) is 5.92 Å². The maximum Gasteiger partial charge on any atom is 0.0701 e. The van der Waals surface area contributed by atoms with E-state index in [9.17, 15) is 0 Å². The average molecular weight is 393 g/mol. The van der Waals surface area contributed by atoms with Gasteiger partial charge in [0.25, 0.3) is 0 Å². The Labute approximate surface area is 152 Å². The van der Waals surface area contributed by atoms with Crippen molar-refractivity contribution in [1.29, 1.82) is 0 Å². The number of piperidine rings is 1. The highest BCUT2D eigenvalue weighted by Gasteiger charge is 2.15. The lowest BCUT2D eigenvalue weighted by Crippen LogP contribution is -2.32. The molecule has 0 bridgehead atoms. The monoisotopic (exact) mass is 392 g/mol. The van der Waals surface area contributed by atoms with Crippen LogP contribution >= 0.6 is 27.3 Å². The van der Waals surface area contributed by atoms with Crippen molar-refractivity contribution in [1.82, 2.24) is 10.2 Å². The van der Waals surface area contributed by atoms with Crippen LogP contribution in [0.3, 0.4) is 0 Å². The van der Waals surface area contributed by atoms with Crippen LogP contribution < -0.4 is 5.32 Å². The summed E-state index contributed by atoms with van der Waals surface area (Å²) < 4.78 is 1.20. The summed E-state index contributed by atoms with van der Waals surface area (Å²) in [6, 6.07) is 13.4. The van der Waals surface area contributed by atoms with Gasteiger partial charge in [-0.05, 0) is 71.0 Å². The minimum absolute atomic E-state index is 0.906. The minimum atomic E-state index is 0.906. The number of hydrogen-bond acceptors (Lipinski definition) is 3. The highest BCUT2D eigenvalue weighted by molar-refractivity contribution is 9.11. The molecule has 1 N–H and O–H groups in total. The van der Waals surface area contributed by atoms with Crippen LogP contribution in [-0.4, -0.2) is 18.0 Å². The summed E-state index contributed by atoms with van der Waals surface area (Å²) in [5.74, 6) is 0.906. The summed E-state index contributed by atoms with van der Waals surface area (Å²) in [5, 5.41) is 3.52. The van der Waals surface area contributed by atoms with Crippen LogP contribution in [0.1, 0.15) is 35.8 Å². The molecule has 0 saturated carbocycles. The Kier molecular flexibility index (Phi) is 6.29. The number of hydrogen-bond donors (Lipinski definition) is 1. The molecule has 0 spiro atoms. The first kappa shape index (κ1) is 17.2. The van der Waals surface area contributed by atoms with E-state index < -0.39 is 0 Å². The third-order valence-corrected chi connectivity index (χ3v) is 6.19. The molecule has 1 aromatic carbocycles. The smallest absolute Gasteiger partial charge is 0.0701 e. The molecule has 1 aliphatic heterocycles. The van der Waals surface area contributed by atoms with Crippen molar-refractivity contribution in [3.63, 3.8) is 0 Å². The summed E-state index contributed by atoms with van der Waals surface area (Å²) >= 11 is 5.30. The largest absolute Gasteiger partial charge is 0.308 e. The van der Waals surface area contributed by atoms with Gasteiger partial charge in [0.15, 0.2) is 0 Å². The summed E-state index contributed by atoms with van der Waals surface area (Å²) in [7, 11) is 0. The lowest BCUT2D eigenvalue weighted by atomic mass is 9.99. The minimum Gasteiger partial charge on any atom is -0.308 e. The number of halogens is 1. The molecule has 2 heterocycles. The molecular weight excluding hydrogens is 368 g/mol. The highest BCUT2D eigenvalue weighted by atomic mass is 79.9. The van der Waals surface area contributed by atoms with Crippen molar-refractivity contribution in [3.05, 3.63) is 56.2 Å². The van der Waals surface area contributed by atoms with Gasteiger partial charge in [-0.25, -0.2) is 0 Å². The fourth-order valence-corrected chi connectivity index (χ4v) is 4.47. The number of thiophene rings is 1. The van der Waals surface area contributed by atoms with Crippen LogP contribution in [0.2, 0.25) is 0 Å². The summed E-state index contributed by atoms with van der Waals surface area (Å²) in [6.45, 7) is 7.83. The first-order valence-electron chi connectivity index (χ1n) is 8.44. The van der Waals surface area contributed by atoms with E-state index in [2.05, 4.69) is 69.5 Å². The fraction of sp³-hybridized carbons (Fsp3) is 0.474. The van der Waals surface area contributed by atoms with Crippen molar-refractivity contribution in [2.24, 2.45) is 5.92 Å². The molecule has 0 aliphatic carbocycles. The molecule has 0 amide bonds. The Morgan fingerprint density at radius 3 is 2.39 bits per heavy atom. The summed E-state index contributed by atoms with van der Waals surface area (Å²) in [4.78, 5) is 3.95. The number of likely N-dealkylation sites (tertiary alicyclic amines) is 1. The van der Waals surface area contributed by atoms with Gasteiger partial charge in [-0.1, -0.05) is 31.2 Å². The molecule has 124 valence electrons. The van der Waals surface area contributed by atoms with E-state index in [1.165, 1.54) is 45.7 Å². The second kappa shape index (κ2) is 8.43. The van der Waals surface area contributed by atoms with E-state index in [1.54, 1.807) is 11.3 Å². The molecule has 0 atom stereocenters. The number of nitrogens with one attached hydrogen (secondary N) is 1. The van der Waals surface area contributed by atoms with Gasteiger partial charge < -0.3 is 5.32 Å². The van der Waals surface area contributed by atoms with Crippen molar-refractivity contribution >= 4 is 27.3 Å². The number of benzene rings is 1. The molecule has 2 nitrogen and oxygen atoms in total. The molecule has 1 saturated heterocycles. The van der Waals surface area contributed by atoms with Crippen LogP contribution in [-0.2, 0) is 19.6 Å². The van der Waals surface area contributed by atoms with Crippen molar-refractivity contribution in [3.8, 4) is 0 Å². The van der Waals surface area contributed by atoms with E-state index in [0.717, 1.165) is 25.6 Å². The average Bonchev–Trinajstić information content (AvgIpc) is 2.97. The number of nitrogens with zero attached hydrogens (tertiary/aromatic N) is 1. The fourth-order valence-electron chi connectivity index (χ4n) is 3.02. The van der Waals surface area contributed by atoms with Gasteiger partial charge in [-0.2, -0.15) is 0 Å². The zero-order chi connectivity index (χ0) is 16.1. The molecule has 23 heavy (non-hydrogen) atoms. The predicted octanol–water partition coefficient (Wildman–Crippen LogP) is 5.03. The van der Waals surface area contributed by atoms with Crippen LogP contribution in [0.15, 0.2) is 40.2 Å². The first-order valence-corrected chi connectivity index (χ1v) is 10.0. The van der Waals surface area contributed by atoms with Crippen molar-refractivity contribution < 1.29 is 0 Å². The van der Waals surface area contributed by atoms with E-state index in [1.807, 2.05) is 0 Å². The zero-order valence-corrected chi connectivity index (χ0v) is 16.1. The molecule has 4 heteroatoms. The molecule has 3 rings (SSSR count). The second-order valence-corrected chi connectivity index (χ2v) is 9.13. The van der Waals surface area contributed by atoms with Crippen LogP contribution in [0.4, 0.5) is 0 Å². The highest BCUT2D eigenvalue weighted by Crippen LogP contribution is 2.22. The Bertz CT molecular complexity index is 600. The Morgan fingerprint density at radius 1 is 1.04 bits per heavy atom. The van der Waals surface area contributed by atoms with Crippen molar-refractivity contribution in [2.75, 3.05) is 13.1 Å². The normalized spacial score (nSPS) is 16.8. The van der Waals surface area contributed by atoms with Crippen LogP contribution in [0.25, 0.3) is 0 Å². The van der Waals surface area contributed by atoms with Gasteiger partial charge >= 0.3 is 0 Å². The molecule has 0 unspecified atom stereocenters. The Morgan fingerprint density at radius 2 is 1.74 bits per heavy atom. The quantitative estimate of drug-likeness (QED) is 0.740. The summed E-state index contributed by atoms with van der Waals surface area (Å²) in [6.07, 6.45) is 2.70. The molecule has 1 aliphatic rings. The first-order chi connectivity index (χ1) is 11.2. The summed E-state index contributed by atoms with van der Waals surface area (Å²) in [5.41, 5.74) is 2.79. The maximum atomic E-state index is 3.52. The second-order valence-electron chi connectivity index (χ2n) is 6.58. The maximum absolute atomic E-state index is 3.52. The van der Waals surface area contributed by atoms with Crippen molar-refractivity contribution in [2.45, 2.75) is 39.4 Å². The van der Waals surface area contributed by atoms with Gasteiger partial charge in [0.05, 0.1) is 3.79 Å².